The lowest BCUT2D eigenvalue weighted by molar-refractivity contribution is 0.857. The zero-order valence-electron chi connectivity index (χ0n) is 7.06. The molecule has 0 radical (unpaired) electrons. The minimum absolute atomic E-state index is 0.577. The van der Waals surface area contributed by atoms with Gasteiger partial charge in [0.15, 0.2) is 0 Å². The lowest BCUT2D eigenvalue weighted by atomic mass is 10.0. The first-order chi connectivity index (χ1) is 5.09. The molecule has 0 unspecified atom stereocenters. The van der Waals surface area contributed by atoms with Crippen LogP contribution in [0.4, 0.5) is 0 Å². The predicted octanol–water partition coefficient (Wildman–Crippen LogP) is 3.28. The fraction of sp³-hybridized carbons (Fsp3) is 0.444. The number of halogens is 1. The molecule has 0 saturated heterocycles. The van der Waals surface area contributed by atoms with Crippen LogP contribution in [0.5, 0.6) is 0 Å². The Balaban J connectivity index is 3.08. The molecule has 1 aromatic heterocycles. The summed E-state index contributed by atoms with van der Waals surface area (Å²) in [4.78, 5) is 4.23. The van der Waals surface area contributed by atoms with Crippen LogP contribution in [-0.4, -0.2) is 4.98 Å². The van der Waals surface area contributed by atoms with Gasteiger partial charge in [-0.25, -0.2) is 4.98 Å². The van der Waals surface area contributed by atoms with Gasteiger partial charge in [0.2, 0.25) is 0 Å². The van der Waals surface area contributed by atoms with Crippen molar-refractivity contribution in [1.29, 1.82) is 0 Å². The average Bonchev–Trinajstić information content (AvgIpc) is 1.85. The van der Waals surface area contributed by atoms with Crippen molar-refractivity contribution >= 4 is 15.9 Å². The van der Waals surface area contributed by atoms with Gasteiger partial charge in [0.05, 0.1) is 0 Å². The number of aromatic nitrogens is 1. The molecular formula is C9H12BrN. The molecule has 0 atom stereocenters. The third-order valence-electron chi connectivity index (χ3n) is 1.61. The first-order valence-electron chi connectivity index (χ1n) is 3.73. The largest absolute Gasteiger partial charge is 0.246 e. The summed E-state index contributed by atoms with van der Waals surface area (Å²) in [5, 5.41) is 0. The minimum atomic E-state index is 0.577. The van der Waals surface area contributed by atoms with Gasteiger partial charge in [-0.15, -0.1) is 0 Å². The van der Waals surface area contributed by atoms with Gasteiger partial charge in [-0.1, -0.05) is 13.8 Å². The highest BCUT2D eigenvalue weighted by atomic mass is 79.9. The number of hydrogen-bond acceptors (Lipinski definition) is 1. The van der Waals surface area contributed by atoms with Crippen LogP contribution < -0.4 is 0 Å². The van der Waals surface area contributed by atoms with Crippen molar-refractivity contribution in [3.8, 4) is 0 Å². The first kappa shape index (κ1) is 8.72. The third-order valence-corrected chi connectivity index (χ3v) is 2.02. The van der Waals surface area contributed by atoms with E-state index in [0.717, 1.165) is 10.3 Å². The van der Waals surface area contributed by atoms with E-state index in [2.05, 4.69) is 46.9 Å². The van der Waals surface area contributed by atoms with Crippen LogP contribution in [-0.2, 0) is 0 Å². The smallest absolute Gasteiger partial charge is 0.106 e. The second-order valence-electron chi connectivity index (χ2n) is 3.02. The van der Waals surface area contributed by atoms with Gasteiger partial charge < -0.3 is 0 Å². The Morgan fingerprint density at radius 2 is 2.00 bits per heavy atom. The van der Waals surface area contributed by atoms with Crippen molar-refractivity contribution < 1.29 is 0 Å². The van der Waals surface area contributed by atoms with Crippen LogP contribution in [0.25, 0.3) is 0 Å². The summed E-state index contributed by atoms with van der Waals surface area (Å²) in [6.07, 6.45) is 0. The first-order valence-corrected chi connectivity index (χ1v) is 4.53. The van der Waals surface area contributed by atoms with Gasteiger partial charge in [-0.05, 0) is 46.5 Å². The van der Waals surface area contributed by atoms with E-state index in [0.29, 0.717) is 5.92 Å². The van der Waals surface area contributed by atoms with Crippen LogP contribution in [0.1, 0.15) is 31.0 Å². The molecule has 0 spiro atoms. The highest BCUT2D eigenvalue weighted by Crippen LogP contribution is 2.18. The molecule has 60 valence electrons. The van der Waals surface area contributed by atoms with E-state index < -0.39 is 0 Å². The number of hydrogen-bond donors (Lipinski definition) is 0. The Hall–Kier alpha value is -0.370. The summed E-state index contributed by atoms with van der Waals surface area (Å²) >= 11 is 3.37. The van der Waals surface area contributed by atoms with Crippen LogP contribution in [0.3, 0.4) is 0 Å². The van der Waals surface area contributed by atoms with E-state index in [-0.39, 0.29) is 0 Å². The van der Waals surface area contributed by atoms with E-state index in [9.17, 15) is 0 Å². The Labute approximate surface area is 76.0 Å². The summed E-state index contributed by atoms with van der Waals surface area (Å²) in [6.45, 7) is 6.37. The van der Waals surface area contributed by atoms with E-state index in [4.69, 9.17) is 0 Å². The van der Waals surface area contributed by atoms with Gasteiger partial charge >= 0.3 is 0 Å². The summed E-state index contributed by atoms with van der Waals surface area (Å²) in [7, 11) is 0. The molecule has 0 amide bonds. The van der Waals surface area contributed by atoms with Gasteiger partial charge in [-0.3, -0.25) is 0 Å². The second-order valence-corrected chi connectivity index (χ2v) is 3.83. The van der Waals surface area contributed by atoms with Crippen molar-refractivity contribution in [2.24, 2.45) is 0 Å². The molecule has 1 rings (SSSR count). The SMILES string of the molecule is Cc1cc(C(C)C)cc(Br)n1. The van der Waals surface area contributed by atoms with Gasteiger partial charge in [0.25, 0.3) is 0 Å². The quantitative estimate of drug-likeness (QED) is 0.653. The molecule has 2 heteroatoms. The topological polar surface area (TPSA) is 12.9 Å². The lowest BCUT2D eigenvalue weighted by Crippen LogP contribution is -1.91. The fourth-order valence-corrected chi connectivity index (χ4v) is 1.53. The maximum atomic E-state index is 4.23. The Morgan fingerprint density at radius 1 is 1.36 bits per heavy atom. The number of pyridine rings is 1. The highest BCUT2D eigenvalue weighted by molar-refractivity contribution is 9.10. The summed E-state index contributed by atoms with van der Waals surface area (Å²) in [5.74, 6) is 0.577. The predicted molar refractivity (Wildman–Crippen MR) is 50.8 cm³/mol. The van der Waals surface area contributed by atoms with Crippen molar-refractivity contribution in [3.63, 3.8) is 0 Å². The van der Waals surface area contributed by atoms with Gasteiger partial charge in [0, 0.05) is 5.69 Å². The molecule has 0 N–H and O–H groups in total. The molecule has 0 aromatic carbocycles. The van der Waals surface area contributed by atoms with Gasteiger partial charge in [0.1, 0.15) is 4.60 Å². The van der Waals surface area contributed by atoms with Crippen LogP contribution in [0.2, 0.25) is 0 Å². The van der Waals surface area contributed by atoms with Crippen LogP contribution in [0.15, 0.2) is 16.7 Å². The molecule has 0 bridgehead atoms. The molecular weight excluding hydrogens is 202 g/mol. The standard InChI is InChI=1S/C9H12BrN/c1-6(2)8-4-7(3)11-9(10)5-8/h4-6H,1-3H3. The van der Waals surface area contributed by atoms with Crippen molar-refractivity contribution in [1.82, 2.24) is 4.98 Å². The lowest BCUT2D eigenvalue weighted by Gasteiger charge is -2.05. The molecule has 0 saturated carbocycles. The maximum Gasteiger partial charge on any atom is 0.106 e. The minimum Gasteiger partial charge on any atom is -0.246 e. The third kappa shape index (κ3) is 2.29. The normalized spacial score (nSPS) is 10.6. The van der Waals surface area contributed by atoms with E-state index in [1.165, 1.54) is 5.56 Å². The molecule has 1 heterocycles. The highest BCUT2D eigenvalue weighted by Gasteiger charge is 2.00. The summed E-state index contributed by atoms with van der Waals surface area (Å²) in [5.41, 5.74) is 2.41. The summed E-state index contributed by atoms with van der Waals surface area (Å²) < 4.78 is 0.932. The Morgan fingerprint density at radius 3 is 2.45 bits per heavy atom. The number of nitrogens with zero attached hydrogens (tertiary/aromatic N) is 1. The van der Waals surface area contributed by atoms with Crippen molar-refractivity contribution in [2.45, 2.75) is 26.7 Å². The molecule has 0 aliphatic heterocycles. The van der Waals surface area contributed by atoms with Gasteiger partial charge in [-0.2, -0.15) is 0 Å². The monoisotopic (exact) mass is 213 g/mol. The molecule has 1 aromatic rings. The van der Waals surface area contributed by atoms with E-state index in [1.807, 2.05) is 6.92 Å². The maximum absolute atomic E-state index is 4.23. The van der Waals surface area contributed by atoms with E-state index >= 15 is 0 Å². The zero-order valence-corrected chi connectivity index (χ0v) is 8.64. The zero-order chi connectivity index (χ0) is 8.43. The molecule has 0 fully saturated rings. The molecule has 11 heavy (non-hydrogen) atoms. The number of aryl methyl sites for hydroxylation is 1. The van der Waals surface area contributed by atoms with Crippen LogP contribution >= 0.6 is 15.9 Å². The summed E-state index contributed by atoms with van der Waals surface area (Å²) in [6, 6.07) is 4.19. The number of rotatable bonds is 1. The molecule has 1 nitrogen and oxygen atoms in total. The second kappa shape index (κ2) is 3.35. The molecule has 0 aliphatic rings. The average molecular weight is 214 g/mol. The van der Waals surface area contributed by atoms with Crippen LogP contribution in [0, 0.1) is 6.92 Å². The fourth-order valence-electron chi connectivity index (χ4n) is 0.987. The molecule has 0 aliphatic carbocycles. The Kier molecular flexibility index (Phi) is 2.66. The van der Waals surface area contributed by atoms with Crippen molar-refractivity contribution in [2.75, 3.05) is 0 Å². The Bertz CT molecular complexity index is 235. The van der Waals surface area contributed by atoms with Crippen molar-refractivity contribution in [3.05, 3.63) is 28.0 Å². The van der Waals surface area contributed by atoms with E-state index in [1.54, 1.807) is 0 Å².